The highest BCUT2D eigenvalue weighted by molar-refractivity contribution is 4.87. The van der Waals surface area contributed by atoms with Crippen LogP contribution in [0.1, 0.15) is 39.5 Å². The number of nitrogens with two attached hydrogens (primary N) is 1. The van der Waals surface area contributed by atoms with Gasteiger partial charge >= 0.3 is 0 Å². The Morgan fingerprint density at radius 2 is 2.00 bits per heavy atom. The second-order valence-electron chi connectivity index (χ2n) is 5.36. The van der Waals surface area contributed by atoms with Gasteiger partial charge in [0.1, 0.15) is 0 Å². The third kappa shape index (κ3) is 1.96. The molecule has 3 unspecified atom stereocenters. The molecule has 1 saturated carbocycles. The first kappa shape index (κ1) is 10.4. The van der Waals surface area contributed by atoms with E-state index < -0.39 is 0 Å². The fraction of sp³-hybridized carbons (Fsp3) is 1.00. The number of rotatable bonds is 2. The molecule has 1 saturated heterocycles. The molecule has 0 radical (unpaired) electrons. The Bertz CT molecular complexity index is 189. The van der Waals surface area contributed by atoms with E-state index in [1.165, 1.54) is 38.8 Å². The highest BCUT2D eigenvalue weighted by atomic mass is 15.2. The molecule has 0 spiro atoms. The quantitative estimate of drug-likeness (QED) is 0.730. The molecule has 2 aliphatic rings. The van der Waals surface area contributed by atoms with Crippen LogP contribution >= 0.6 is 0 Å². The van der Waals surface area contributed by atoms with Gasteiger partial charge in [-0.3, -0.25) is 0 Å². The molecule has 1 aliphatic carbocycles. The maximum absolute atomic E-state index is 6.04. The Labute approximate surface area is 87.8 Å². The SMILES string of the molecule is CC1CN(C(C)C2CCC2)CCC1N. The smallest absolute Gasteiger partial charge is 0.00953 e. The first-order chi connectivity index (χ1) is 6.68. The van der Waals surface area contributed by atoms with Crippen LogP contribution in [0.15, 0.2) is 0 Å². The normalized spacial score (nSPS) is 37.9. The van der Waals surface area contributed by atoms with Gasteiger partial charge in [0.2, 0.25) is 0 Å². The average molecular weight is 196 g/mol. The van der Waals surface area contributed by atoms with Crippen LogP contribution < -0.4 is 5.73 Å². The van der Waals surface area contributed by atoms with Crippen molar-refractivity contribution in [2.24, 2.45) is 17.6 Å². The van der Waals surface area contributed by atoms with Crippen molar-refractivity contribution in [2.45, 2.75) is 51.6 Å². The van der Waals surface area contributed by atoms with E-state index in [-0.39, 0.29) is 0 Å². The average Bonchev–Trinajstić information content (AvgIpc) is 2.06. The molecule has 2 heteroatoms. The largest absolute Gasteiger partial charge is 0.327 e. The highest BCUT2D eigenvalue weighted by Crippen LogP contribution is 2.33. The van der Waals surface area contributed by atoms with E-state index in [2.05, 4.69) is 18.7 Å². The van der Waals surface area contributed by atoms with Gasteiger partial charge in [0, 0.05) is 18.6 Å². The van der Waals surface area contributed by atoms with Gasteiger partial charge in [-0.05, 0) is 44.6 Å². The van der Waals surface area contributed by atoms with Gasteiger partial charge in [-0.15, -0.1) is 0 Å². The molecule has 0 amide bonds. The molecule has 1 heterocycles. The Morgan fingerprint density at radius 1 is 1.29 bits per heavy atom. The lowest BCUT2D eigenvalue weighted by molar-refractivity contribution is 0.0635. The number of likely N-dealkylation sites (tertiary alicyclic amines) is 1. The molecule has 0 aromatic carbocycles. The number of nitrogens with zero attached hydrogens (tertiary/aromatic N) is 1. The van der Waals surface area contributed by atoms with Crippen LogP contribution in [-0.2, 0) is 0 Å². The lowest BCUT2D eigenvalue weighted by atomic mass is 9.79. The minimum absolute atomic E-state index is 0.444. The predicted octanol–water partition coefficient (Wildman–Crippen LogP) is 1.84. The molecule has 1 aliphatic heterocycles. The van der Waals surface area contributed by atoms with Crippen LogP contribution in [0.3, 0.4) is 0 Å². The third-order valence-corrected chi connectivity index (χ3v) is 4.41. The Morgan fingerprint density at radius 3 is 2.50 bits per heavy atom. The van der Waals surface area contributed by atoms with E-state index in [1.807, 2.05) is 0 Å². The molecule has 0 aromatic rings. The number of hydrogen-bond acceptors (Lipinski definition) is 2. The fourth-order valence-electron chi connectivity index (χ4n) is 2.79. The maximum atomic E-state index is 6.04. The van der Waals surface area contributed by atoms with Gasteiger partial charge in [0.25, 0.3) is 0 Å². The molecule has 2 N–H and O–H groups in total. The molecule has 3 atom stereocenters. The van der Waals surface area contributed by atoms with Crippen molar-refractivity contribution < 1.29 is 0 Å². The molecular formula is C12H24N2. The van der Waals surface area contributed by atoms with Crippen molar-refractivity contribution in [2.75, 3.05) is 13.1 Å². The summed E-state index contributed by atoms with van der Waals surface area (Å²) in [6.07, 6.45) is 5.56. The number of hydrogen-bond donors (Lipinski definition) is 1. The molecule has 0 aromatic heterocycles. The van der Waals surface area contributed by atoms with E-state index in [0.29, 0.717) is 12.0 Å². The molecule has 82 valence electrons. The summed E-state index contributed by atoms with van der Waals surface area (Å²) >= 11 is 0. The van der Waals surface area contributed by atoms with Gasteiger partial charge < -0.3 is 10.6 Å². The molecule has 2 rings (SSSR count). The van der Waals surface area contributed by atoms with Gasteiger partial charge in [-0.2, -0.15) is 0 Å². The Balaban J connectivity index is 1.85. The summed E-state index contributed by atoms with van der Waals surface area (Å²) in [6, 6.07) is 1.25. The second kappa shape index (κ2) is 4.19. The van der Waals surface area contributed by atoms with Crippen molar-refractivity contribution in [3.05, 3.63) is 0 Å². The van der Waals surface area contributed by atoms with Crippen LogP contribution in [0.25, 0.3) is 0 Å². The minimum Gasteiger partial charge on any atom is -0.327 e. The molecular weight excluding hydrogens is 172 g/mol. The third-order valence-electron chi connectivity index (χ3n) is 4.41. The molecule has 2 fully saturated rings. The predicted molar refractivity (Wildman–Crippen MR) is 60.1 cm³/mol. The Kier molecular flexibility index (Phi) is 3.13. The first-order valence-electron chi connectivity index (χ1n) is 6.18. The van der Waals surface area contributed by atoms with E-state index in [4.69, 9.17) is 5.73 Å². The van der Waals surface area contributed by atoms with E-state index in [9.17, 15) is 0 Å². The van der Waals surface area contributed by atoms with E-state index in [0.717, 1.165) is 12.0 Å². The summed E-state index contributed by atoms with van der Waals surface area (Å²) in [6.45, 7) is 7.15. The molecule has 2 nitrogen and oxygen atoms in total. The van der Waals surface area contributed by atoms with Crippen molar-refractivity contribution >= 4 is 0 Å². The zero-order chi connectivity index (χ0) is 10.1. The van der Waals surface area contributed by atoms with Crippen LogP contribution in [0.2, 0.25) is 0 Å². The standard InChI is InChI=1S/C12H24N2/c1-9-8-14(7-6-12(9)13)10(2)11-4-3-5-11/h9-12H,3-8,13H2,1-2H3. The summed E-state index contributed by atoms with van der Waals surface area (Å²) in [5, 5.41) is 0. The van der Waals surface area contributed by atoms with Crippen LogP contribution in [0.5, 0.6) is 0 Å². The fourth-order valence-corrected chi connectivity index (χ4v) is 2.79. The number of piperidine rings is 1. The molecule has 14 heavy (non-hydrogen) atoms. The summed E-state index contributed by atoms with van der Waals surface area (Å²) < 4.78 is 0. The van der Waals surface area contributed by atoms with Gasteiger partial charge in [-0.1, -0.05) is 13.3 Å². The van der Waals surface area contributed by atoms with Crippen LogP contribution in [-0.4, -0.2) is 30.1 Å². The lowest BCUT2D eigenvalue weighted by Crippen LogP contribution is -2.51. The lowest BCUT2D eigenvalue weighted by Gasteiger charge is -2.44. The second-order valence-corrected chi connectivity index (χ2v) is 5.36. The topological polar surface area (TPSA) is 29.3 Å². The van der Waals surface area contributed by atoms with Gasteiger partial charge in [0.05, 0.1) is 0 Å². The zero-order valence-corrected chi connectivity index (χ0v) is 9.58. The van der Waals surface area contributed by atoms with Crippen molar-refractivity contribution in [1.82, 2.24) is 4.90 Å². The maximum Gasteiger partial charge on any atom is 0.00953 e. The van der Waals surface area contributed by atoms with Crippen LogP contribution in [0.4, 0.5) is 0 Å². The summed E-state index contributed by atoms with van der Waals surface area (Å²) in [5.74, 6) is 1.67. The summed E-state index contributed by atoms with van der Waals surface area (Å²) in [4.78, 5) is 2.66. The summed E-state index contributed by atoms with van der Waals surface area (Å²) in [7, 11) is 0. The van der Waals surface area contributed by atoms with Gasteiger partial charge in [0.15, 0.2) is 0 Å². The van der Waals surface area contributed by atoms with Crippen LogP contribution in [0, 0.1) is 11.8 Å². The summed E-state index contributed by atoms with van der Waals surface area (Å²) in [5.41, 5.74) is 6.04. The minimum atomic E-state index is 0.444. The van der Waals surface area contributed by atoms with Crippen molar-refractivity contribution in [1.29, 1.82) is 0 Å². The Hall–Kier alpha value is -0.0800. The van der Waals surface area contributed by atoms with Crippen molar-refractivity contribution in [3.63, 3.8) is 0 Å². The monoisotopic (exact) mass is 196 g/mol. The van der Waals surface area contributed by atoms with E-state index in [1.54, 1.807) is 0 Å². The molecule has 0 bridgehead atoms. The van der Waals surface area contributed by atoms with E-state index >= 15 is 0 Å². The van der Waals surface area contributed by atoms with Crippen molar-refractivity contribution in [3.8, 4) is 0 Å². The first-order valence-corrected chi connectivity index (χ1v) is 6.18. The highest BCUT2D eigenvalue weighted by Gasteiger charge is 2.32. The zero-order valence-electron chi connectivity index (χ0n) is 9.58. The van der Waals surface area contributed by atoms with Gasteiger partial charge in [-0.25, -0.2) is 0 Å².